The number of aliphatic carboxylic acids is 4. The van der Waals surface area contributed by atoms with Crippen molar-refractivity contribution in [3.8, 4) is 34.5 Å². The quantitative estimate of drug-likeness (QED) is 0.0245. The van der Waals surface area contributed by atoms with E-state index in [9.17, 15) is 69.5 Å². The number of benzene rings is 5. The zero-order valence-electron chi connectivity index (χ0n) is 33.9. The second-order valence-corrected chi connectivity index (χ2v) is 15.4. The zero-order valence-corrected chi connectivity index (χ0v) is 35.4. The van der Waals surface area contributed by atoms with Crippen molar-refractivity contribution in [1.29, 1.82) is 0 Å². The molecule has 0 atom stereocenters. The van der Waals surface area contributed by atoms with Gasteiger partial charge in [0, 0.05) is 52.2 Å². The van der Waals surface area contributed by atoms with Gasteiger partial charge >= 0.3 is 29.8 Å². The van der Waals surface area contributed by atoms with Crippen molar-refractivity contribution < 1.29 is 83.3 Å². The van der Waals surface area contributed by atoms with Gasteiger partial charge in [0.2, 0.25) is 0 Å². The lowest BCUT2D eigenvalue weighted by Crippen LogP contribution is -2.35. The monoisotopic (exact) mass is 962 g/mol. The topological polar surface area (TPSA) is 322 Å². The number of amides is 1. The summed E-state index contributed by atoms with van der Waals surface area (Å²) in [4.78, 5) is 86.9. The number of carbonyl (C=O) groups is 6. The van der Waals surface area contributed by atoms with Crippen LogP contribution in [0.1, 0.15) is 37.4 Å². The number of hydrogen-bond donors (Lipinski definition) is 7. The lowest BCUT2D eigenvalue weighted by atomic mass is 9.77. The van der Waals surface area contributed by atoms with Crippen LogP contribution in [0.5, 0.6) is 34.5 Å². The van der Waals surface area contributed by atoms with Crippen LogP contribution in [-0.4, -0.2) is 111 Å². The second kappa shape index (κ2) is 18.5. The van der Waals surface area contributed by atoms with Crippen LogP contribution in [-0.2, 0) is 29.5 Å². The molecular formula is C43H32Cl2N4O18. The Morgan fingerprint density at radius 3 is 1.66 bits per heavy atom. The maximum Gasteiger partial charge on any atom is 0.340 e. The molecule has 0 unspecified atom stereocenters. The van der Waals surface area contributed by atoms with E-state index < -0.39 is 91.4 Å². The summed E-state index contributed by atoms with van der Waals surface area (Å²) in [5.41, 5.74) is -1.98. The first-order valence-electron chi connectivity index (χ1n) is 19.2. The van der Waals surface area contributed by atoms with Crippen molar-refractivity contribution in [2.24, 2.45) is 0 Å². The number of nitro benzene ring substituents is 1. The van der Waals surface area contributed by atoms with Gasteiger partial charge in [-0.3, -0.25) is 34.1 Å². The number of halogens is 2. The molecule has 7 rings (SSSR count). The molecule has 22 nitrogen and oxygen atoms in total. The number of rotatable bonds is 18. The molecule has 67 heavy (non-hydrogen) atoms. The molecule has 0 bridgehead atoms. The van der Waals surface area contributed by atoms with Gasteiger partial charge < -0.3 is 64.7 Å². The highest BCUT2D eigenvalue weighted by molar-refractivity contribution is 6.32. The molecule has 346 valence electrons. The number of esters is 1. The predicted molar refractivity (Wildman–Crippen MR) is 231 cm³/mol. The van der Waals surface area contributed by atoms with Crippen molar-refractivity contribution in [1.82, 2.24) is 0 Å². The van der Waals surface area contributed by atoms with E-state index in [0.29, 0.717) is 0 Å². The first-order chi connectivity index (χ1) is 31.7. The van der Waals surface area contributed by atoms with Gasteiger partial charge in [0.1, 0.15) is 73.9 Å². The van der Waals surface area contributed by atoms with Gasteiger partial charge in [0.25, 0.3) is 11.6 Å². The van der Waals surface area contributed by atoms with E-state index in [1.807, 2.05) is 0 Å². The molecule has 5 aromatic carbocycles. The molecule has 5 aromatic rings. The number of phenolic OH excluding ortho intramolecular Hbond substituents is 2. The predicted octanol–water partition coefficient (Wildman–Crippen LogP) is 5.54. The SMILES string of the molecule is O=C(O)CN(CC(=O)O)c1ccc(NC(=O)c2ccc3c(c2)C(=O)OC32c3cc(Cl)c(O)cc3Oc3cc(O)c(Cl)cc32)cc1OCCOc1cc([N+](=O)[O-])ccc1N(CC(=O)O)CC(=O)O. The number of anilines is 3. The van der Waals surface area contributed by atoms with Crippen molar-refractivity contribution in [2.45, 2.75) is 5.60 Å². The van der Waals surface area contributed by atoms with Gasteiger partial charge in [-0.05, 0) is 42.5 Å². The van der Waals surface area contributed by atoms with Crippen molar-refractivity contribution in [3.63, 3.8) is 0 Å². The number of phenols is 2. The summed E-state index contributed by atoms with van der Waals surface area (Å²) in [6.45, 7) is -4.18. The lowest BCUT2D eigenvalue weighted by molar-refractivity contribution is -0.384. The number of hydrogen-bond acceptors (Lipinski definition) is 16. The average molecular weight is 964 g/mol. The molecule has 2 aliphatic rings. The molecule has 0 saturated heterocycles. The molecular weight excluding hydrogens is 931 g/mol. The van der Waals surface area contributed by atoms with Crippen LogP contribution in [0.25, 0.3) is 0 Å². The maximum atomic E-state index is 13.9. The minimum Gasteiger partial charge on any atom is -0.506 e. The minimum absolute atomic E-state index is 0.0185. The molecule has 0 saturated carbocycles. The maximum absolute atomic E-state index is 13.9. The Labute approximate surface area is 385 Å². The molecule has 24 heteroatoms. The van der Waals surface area contributed by atoms with E-state index in [1.165, 1.54) is 60.7 Å². The minimum atomic E-state index is -1.78. The Hall–Kier alpha value is -8.50. The molecule has 1 amide bonds. The molecule has 0 aromatic heterocycles. The van der Waals surface area contributed by atoms with Gasteiger partial charge in [-0.15, -0.1) is 0 Å². The molecule has 2 aliphatic heterocycles. The third-order valence-corrected chi connectivity index (χ3v) is 10.8. The van der Waals surface area contributed by atoms with E-state index >= 15 is 0 Å². The highest BCUT2D eigenvalue weighted by Crippen LogP contribution is 2.58. The number of fused-ring (bicyclic) bond motifs is 6. The number of aromatic hydroxyl groups is 2. The molecule has 1 spiro atoms. The second-order valence-electron chi connectivity index (χ2n) is 14.6. The largest absolute Gasteiger partial charge is 0.506 e. The van der Waals surface area contributed by atoms with Crippen LogP contribution in [0.2, 0.25) is 10.0 Å². The number of non-ortho nitro benzene ring substituents is 1. The van der Waals surface area contributed by atoms with E-state index in [0.717, 1.165) is 28.0 Å². The van der Waals surface area contributed by atoms with Crippen LogP contribution in [0.15, 0.2) is 78.9 Å². The summed E-state index contributed by atoms with van der Waals surface area (Å²) in [7, 11) is 0. The summed E-state index contributed by atoms with van der Waals surface area (Å²) in [5.74, 6) is -8.44. The highest BCUT2D eigenvalue weighted by Gasteiger charge is 2.54. The third kappa shape index (κ3) is 9.51. The third-order valence-electron chi connectivity index (χ3n) is 10.2. The van der Waals surface area contributed by atoms with E-state index in [1.54, 1.807) is 0 Å². The van der Waals surface area contributed by atoms with Crippen LogP contribution in [0, 0.1) is 10.1 Å². The average Bonchev–Trinajstić information content (AvgIpc) is 3.54. The number of nitrogens with one attached hydrogen (secondary N) is 1. The summed E-state index contributed by atoms with van der Waals surface area (Å²) in [6, 6.07) is 16.0. The van der Waals surface area contributed by atoms with Crippen molar-refractivity contribution >= 4 is 81.7 Å². The molecule has 0 fully saturated rings. The first-order valence-corrected chi connectivity index (χ1v) is 20.0. The summed E-state index contributed by atoms with van der Waals surface area (Å²) in [5, 5.41) is 72.7. The summed E-state index contributed by atoms with van der Waals surface area (Å²) < 4.78 is 23.6. The van der Waals surface area contributed by atoms with E-state index in [-0.39, 0.29) is 89.4 Å². The Kier molecular flexibility index (Phi) is 12.9. The van der Waals surface area contributed by atoms with Gasteiger partial charge in [-0.25, -0.2) is 4.79 Å². The Morgan fingerprint density at radius 1 is 0.672 bits per heavy atom. The van der Waals surface area contributed by atoms with Crippen LogP contribution < -0.4 is 29.3 Å². The van der Waals surface area contributed by atoms with E-state index in [2.05, 4.69) is 5.32 Å². The van der Waals surface area contributed by atoms with Crippen LogP contribution >= 0.6 is 23.2 Å². The number of carboxylic acid groups (broad SMARTS) is 4. The van der Waals surface area contributed by atoms with Crippen LogP contribution in [0.4, 0.5) is 22.7 Å². The first kappa shape index (κ1) is 46.5. The molecule has 0 aliphatic carbocycles. The smallest absolute Gasteiger partial charge is 0.340 e. The Bertz CT molecular complexity index is 2840. The highest BCUT2D eigenvalue weighted by atomic mass is 35.5. The summed E-state index contributed by atoms with van der Waals surface area (Å²) >= 11 is 12.6. The number of nitro groups is 1. The fourth-order valence-electron chi connectivity index (χ4n) is 7.45. The van der Waals surface area contributed by atoms with E-state index in [4.69, 9.17) is 42.1 Å². The number of ether oxygens (including phenoxy) is 4. The number of carboxylic acids is 4. The molecule has 2 heterocycles. The fraction of sp³-hybridized carbons (Fsp3) is 0.163. The van der Waals surface area contributed by atoms with Gasteiger partial charge in [0.15, 0.2) is 5.60 Å². The Balaban J connectivity index is 1.18. The standard InChI is InChI=1S/C43H32Cl2N4O18/c44-27-12-25-33(14-31(27)50)66-34-15-32(51)28(45)13-26(34)43(25)24-4-1-20(9-23(24)42(61)67-43)41(60)46-21-2-5-29(47(16-37(52)53)17-38(54)55)35(10-21)64-7-8-65-36-11-22(49(62)63)3-6-30(36)48(18-39(56)57)19-40(58)59/h1-6,9-15,50-51H,7-8,16-19H2,(H,46,60)(H,52,53)(H,54,55)(H,56,57)(H,58,59). The molecule has 7 N–H and O–H groups in total. The number of carbonyl (C=O) groups excluding carboxylic acids is 2. The van der Waals surface area contributed by atoms with Crippen molar-refractivity contribution in [3.05, 3.63) is 127 Å². The normalized spacial score (nSPS) is 12.7. The summed E-state index contributed by atoms with van der Waals surface area (Å²) in [6.07, 6.45) is 0. The zero-order chi connectivity index (χ0) is 48.5. The number of nitrogens with zero attached hydrogens (tertiary/aromatic N) is 3. The van der Waals surface area contributed by atoms with Gasteiger partial charge in [-0.1, -0.05) is 29.3 Å². The fourth-order valence-corrected chi connectivity index (χ4v) is 7.78. The lowest BCUT2D eigenvalue weighted by Gasteiger charge is -2.36. The van der Waals surface area contributed by atoms with Crippen LogP contribution in [0.3, 0.4) is 0 Å². The van der Waals surface area contributed by atoms with Gasteiger partial charge in [-0.2, -0.15) is 0 Å². The van der Waals surface area contributed by atoms with Gasteiger partial charge in [0.05, 0.1) is 38.0 Å². The Morgan fingerprint density at radius 2 is 1.16 bits per heavy atom. The van der Waals surface area contributed by atoms with Crippen molar-refractivity contribution in [2.75, 3.05) is 54.5 Å². The molecule has 0 radical (unpaired) electrons.